The Morgan fingerprint density at radius 2 is 2.15 bits per heavy atom. The first-order valence-corrected chi connectivity index (χ1v) is 6.32. The summed E-state index contributed by atoms with van der Waals surface area (Å²) in [5, 5.41) is 6.62. The number of nitrogens with zero attached hydrogens (tertiary/aromatic N) is 1. The fourth-order valence-electron chi connectivity index (χ4n) is 1.97. The van der Waals surface area contributed by atoms with Gasteiger partial charge in [-0.3, -0.25) is 4.79 Å². The van der Waals surface area contributed by atoms with Crippen LogP contribution in [0.5, 0.6) is 11.5 Å². The van der Waals surface area contributed by atoms with E-state index in [2.05, 4.69) is 10.5 Å². The predicted octanol–water partition coefficient (Wildman–Crippen LogP) is 1.68. The summed E-state index contributed by atoms with van der Waals surface area (Å²) in [5.41, 5.74) is 1.38. The van der Waals surface area contributed by atoms with Crippen molar-refractivity contribution in [3.05, 3.63) is 41.3 Å². The summed E-state index contributed by atoms with van der Waals surface area (Å²) in [4.78, 5) is 12.0. The number of rotatable bonds is 4. The normalized spacial score (nSPS) is 12.4. The molecular formula is C14H14N2O4. The molecule has 1 amide bonds. The summed E-state index contributed by atoms with van der Waals surface area (Å²) >= 11 is 0. The van der Waals surface area contributed by atoms with Crippen LogP contribution in [0.15, 0.2) is 28.8 Å². The molecule has 0 atom stereocenters. The van der Waals surface area contributed by atoms with Crippen molar-refractivity contribution >= 4 is 5.91 Å². The Morgan fingerprint density at radius 1 is 1.30 bits per heavy atom. The van der Waals surface area contributed by atoms with Crippen molar-refractivity contribution in [1.82, 2.24) is 10.5 Å². The maximum atomic E-state index is 12.0. The Morgan fingerprint density at radius 3 is 2.95 bits per heavy atom. The van der Waals surface area contributed by atoms with E-state index in [0.717, 1.165) is 11.5 Å². The van der Waals surface area contributed by atoms with Gasteiger partial charge < -0.3 is 19.3 Å². The Bertz CT molecular complexity index is 636. The van der Waals surface area contributed by atoms with E-state index in [-0.39, 0.29) is 12.7 Å². The number of hydrogen-bond donors (Lipinski definition) is 1. The van der Waals surface area contributed by atoms with E-state index in [4.69, 9.17) is 14.0 Å². The smallest absolute Gasteiger partial charge is 0.251 e. The molecule has 1 aliphatic heterocycles. The van der Waals surface area contributed by atoms with E-state index < -0.39 is 0 Å². The number of nitrogens with one attached hydrogen (secondary N) is 1. The van der Waals surface area contributed by atoms with Crippen molar-refractivity contribution < 1.29 is 18.8 Å². The van der Waals surface area contributed by atoms with Crippen molar-refractivity contribution in [3.8, 4) is 11.5 Å². The van der Waals surface area contributed by atoms with Crippen LogP contribution >= 0.6 is 0 Å². The molecule has 6 nitrogen and oxygen atoms in total. The second-order valence-corrected chi connectivity index (χ2v) is 4.51. The van der Waals surface area contributed by atoms with E-state index in [9.17, 15) is 4.79 Å². The summed E-state index contributed by atoms with van der Waals surface area (Å²) < 4.78 is 15.5. The number of carbonyl (C=O) groups excluding carboxylic acids is 1. The van der Waals surface area contributed by atoms with Gasteiger partial charge in [-0.05, 0) is 25.1 Å². The molecular weight excluding hydrogens is 260 g/mol. The zero-order valence-corrected chi connectivity index (χ0v) is 11.0. The average Bonchev–Trinajstić information content (AvgIpc) is 3.06. The first-order chi connectivity index (χ1) is 9.72. The predicted molar refractivity (Wildman–Crippen MR) is 69.8 cm³/mol. The van der Waals surface area contributed by atoms with Crippen LogP contribution in [0, 0.1) is 6.92 Å². The molecule has 1 aromatic heterocycles. The second kappa shape index (κ2) is 5.24. The monoisotopic (exact) mass is 274 g/mol. The molecule has 1 aromatic carbocycles. The summed E-state index contributed by atoms with van der Waals surface area (Å²) in [6, 6.07) is 6.97. The summed E-state index contributed by atoms with van der Waals surface area (Å²) in [6.45, 7) is 2.55. The molecule has 0 saturated heterocycles. The van der Waals surface area contributed by atoms with Crippen LogP contribution in [-0.4, -0.2) is 24.4 Å². The average molecular weight is 274 g/mol. The van der Waals surface area contributed by atoms with Crippen molar-refractivity contribution in [3.63, 3.8) is 0 Å². The van der Waals surface area contributed by atoms with E-state index >= 15 is 0 Å². The summed E-state index contributed by atoms with van der Waals surface area (Å²) in [7, 11) is 0. The van der Waals surface area contributed by atoms with Crippen LogP contribution in [0.25, 0.3) is 0 Å². The molecule has 3 rings (SSSR count). The Hall–Kier alpha value is -2.50. The van der Waals surface area contributed by atoms with E-state index in [0.29, 0.717) is 30.0 Å². The van der Waals surface area contributed by atoms with Gasteiger partial charge in [-0.2, -0.15) is 0 Å². The van der Waals surface area contributed by atoms with Crippen molar-refractivity contribution in [1.29, 1.82) is 0 Å². The quantitative estimate of drug-likeness (QED) is 0.918. The fraction of sp³-hybridized carbons (Fsp3) is 0.286. The van der Waals surface area contributed by atoms with Gasteiger partial charge in [-0.15, -0.1) is 0 Å². The zero-order chi connectivity index (χ0) is 13.9. The first kappa shape index (κ1) is 12.5. The lowest BCUT2D eigenvalue weighted by molar-refractivity contribution is 0.0953. The van der Waals surface area contributed by atoms with E-state index in [1.807, 2.05) is 13.0 Å². The van der Waals surface area contributed by atoms with Gasteiger partial charge in [0, 0.05) is 24.6 Å². The van der Waals surface area contributed by atoms with Gasteiger partial charge >= 0.3 is 0 Å². The van der Waals surface area contributed by atoms with Crippen LogP contribution in [0.4, 0.5) is 0 Å². The summed E-state index contributed by atoms with van der Waals surface area (Å²) in [5.74, 6) is 1.87. The molecule has 2 heterocycles. The highest BCUT2D eigenvalue weighted by atomic mass is 16.7. The zero-order valence-electron chi connectivity index (χ0n) is 11.0. The standard InChI is InChI=1S/C14H14N2O4/c1-9-6-11(20-16-9)4-5-15-14(17)10-2-3-12-13(7-10)19-8-18-12/h2-3,6-7H,4-5,8H2,1H3,(H,15,17). The van der Waals surface area contributed by atoms with E-state index in [1.165, 1.54) is 0 Å². The number of aromatic nitrogens is 1. The van der Waals surface area contributed by atoms with Crippen molar-refractivity contribution in [2.75, 3.05) is 13.3 Å². The minimum absolute atomic E-state index is 0.153. The topological polar surface area (TPSA) is 73.6 Å². The number of fused-ring (bicyclic) bond motifs is 1. The third-order valence-electron chi connectivity index (χ3n) is 2.97. The maximum absolute atomic E-state index is 12.0. The highest BCUT2D eigenvalue weighted by Gasteiger charge is 2.16. The Labute approximate surface area is 115 Å². The molecule has 1 N–H and O–H groups in total. The fourth-order valence-corrected chi connectivity index (χ4v) is 1.97. The van der Waals surface area contributed by atoms with Crippen LogP contribution in [0.3, 0.4) is 0 Å². The molecule has 20 heavy (non-hydrogen) atoms. The molecule has 6 heteroatoms. The van der Waals surface area contributed by atoms with Gasteiger partial charge in [0.1, 0.15) is 5.76 Å². The lowest BCUT2D eigenvalue weighted by Gasteiger charge is -2.04. The Kier molecular flexibility index (Phi) is 3.28. The molecule has 0 unspecified atom stereocenters. The number of benzene rings is 1. The van der Waals surface area contributed by atoms with Gasteiger partial charge in [0.2, 0.25) is 6.79 Å². The lowest BCUT2D eigenvalue weighted by Crippen LogP contribution is -2.25. The number of amides is 1. The van der Waals surface area contributed by atoms with Gasteiger partial charge in [-0.1, -0.05) is 5.16 Å². The molecule has 0 fully saturated rings. The highest BCUT2D eigenvalue weighted by molar-refractivity contribution is 5.94. The largest absolute Gasteiger partial charge is 0.454 e. The highest BCUT2D eigenvalue weighted by Crippen LogP contribution is 2.32. The van der Waals surface area contributed by atoms with Gasteiger partial charge in [0.15, 0.2) is 11.5 Å². The van der Waals surface area contributed by atoms with Gasteiger partial charge in [-0.25, -0.2) is 0 Å². The minimum atomic E-state index is -0.153. The molecule has 1 aliphatic rings. The van der Waals surface area contributed by atoms with Crippen LogP contribution in [-0.2, 0) is 6.42 Å². The number of carbonyl (C=O) groups is 1. The van der Waals surface area contributed by atoms with Crippen LogP contribution in [0.1, 0.15) is 21.8 Å². The van der Waals surface area contributed by atoms with Crippen LogP contribution in [0.2, 0.25) is 0 Å². The van der Waals surface area contributed by atoms with Crippen molar-refractivity contribution in [2.24, 2.45) is 0 Å². The molecule has 2 aromatic rings. The number of ether oxygens (including phenoxy) is 2. The second-order valence-electron chi connectivity index (χ2n) is 4.51. The molecule has 0 aliphatic carbocycles. The number of aryl methyl sites for hydroxylation is 1. The van der Waals surface area contributed by atoms with Crippen LogP contribution < -0.4 is 14.8 Å². The van der Waals surface area contributed by atoms with Gasteiger partial charge in [0.25, 0.3) is 5.91 Å². The molecule has 0 saturated carbocycles. The first-order valence-electron chi connectivity index (χ1n) is 6.32. The Balaban J connectivity index is 1.56. The number of hydrogen-bond acceptors (Lipinski definition) is 5. The molecule has 0 bridgehead atoms. The maximum Gasteiger partial charge on any atom is 0.251 e. The molecule has 104 valence electrons. The minimum Gasteiger partial charge on any atom is -0.454 e. The third-order valence-corrected chi connectivity index (χ3v) is 2.97. The molecule has 0 radical (unpaired) electrons. The summed E-state index contributed by atoms with van der Waals surface area (Å²) in [6.07, 6.45) is 0.608. The van der Waals surface area contributed by atoms with Crippen molar-refractivity contribution in [2.45, 2.75) is 13.3 Å². The molecule has 0 spiro atoms. The van der Waals surface area contributed by atoms with E-state index in [1.54, 1.807) is 18.2 Å². The third kappa shape index (κ3) is 2.59. The van der Waals surface area contributed by atoms with Gasteiger partial charge in [0.05, 0.1) is 5.69 Å². The lowest BCUT2D eigenvalue weighted by atomic mass is 10.2. The SMILES string of the molecule is Cc1cc(CCNC(=O)c2ccc3c(c2)OCO3)on1.